The molecule has 1 N–H and O–H groups in total. The molecule has 7 nitrogen and oxygen atoms in total. The molecule has 0 unspecified atom stereocenters. The van der Waals surface area contributed by atoms with Crippen molar-refractivity contribution in [2.75, 3.05) is 18.9 Å². The Morgan fingerprint density at radius 3 is 2.58 bits per heavy atom. The molecule has 0 aliphatic carbocycles. The number of benzene rings is 1. The number of aromatic nitrogens is 2. The van der Waals surface area contributed by atoms with Crippen LogP contribution in [0.3, 0.4) is 0 Å². The summed E-state index contributed by atoms with van der Waals surface area (Å²) >= 11 is 3.26. The highest BCUT2D eigenvalue weighted by molar-refractivity contribution is 9.10. The Bertz CT molecular complexity index is 802. The van der Waals surface area contributed by atoms with Crippen LogP contribution in [0, 0.1) is 0 Å². The number of nitrogens with zero attached hydrogens (tertiary/aromatic N) is 3. The number of carbonyl (C=O) groups is 1. The minimum Gasteiger partial charge on any atom is -0.310 e. The Kier molecular flexibility index (Phi) is 6.14. The van der Waals surface area contributed by atoms with E-state index in [2.05, 4.69) is 26.3 Å². The predicted octanol–water partition coefficient (Wildman–Crippen LogP) is 2.31. The number of rotatable bonds is 7. The van der Waals surface area contributed by atoms with E-state index in [0.29, 0.717) is 12.4 Å². The number of carbonyl (C=O) groups excluding carboxylic acids is 1. The lowest BCUT2D eigenvalue weighted by atomic mass is 10.4. The maximum absolute atomic E-state index is 12.5. The number of nitrogens with one attached hydrogen (secondary N) is 1. The summed E-state index contributed by atoms with van der Waals surface area (Å²) in [7, 11) is -2.35. The summed E-state index contributed by atoms with van der Waals surface area (Å²) in [4.78, 5) is 12.3. The molecule has 0 spiro atoms. The molecule has 24 heavy (non-hydrogen) atoms. The van der Waals surface area contributed by atoms with Gasteiger partial charge in [0, 0.05) is 24.1 Å². The molecule has 1 amide bonds. The van der Waals surface area contributed by atoms with Crippen molar-refractivity contribution in [3.05, 3.63) is 41.0 Å². The van der Waals surface area contributed by atoms with E-state index in [4.69, 9.17) is 0 Å². The van der Waals surface area contributed by atoms with Crippen molar-refractivity contribution in [2.45, 2.75) is 24.8 Å². The normalized spacial score (nSPS) is 11.7. The molecule has 0 saturated heterocycles. The fourth-order valence-corrected chi connectivity index (χ4v) is 3.48. The van der Waals surface area contributed by atoms with Crippen LogP contribution in [0.1, 0.15) is 13.3 Å². The third kappa shape index (κ3) is 4.43. The molecule has 0 atom stereocenters. The standard InChI is InChI=1S/C15H19BrN4O3S/c1-3-10-20-14(8-9-17-20)18-15(21)11-19(2)24(22,23)13-6-4-12(16)5-7-13/h4-9H,3,10-11H2,1-2H3,(H,18,21). The average molecular weight is 415 g/mol. The van der Waals surface area contributed by atoms with E-state index >= 15 is 0 Å². The highest BCUT2D eigenvalue weighted by Crippen LogP contribution is 2.18. The van der Waals surface area contributed by atoms with Crippen LogP contribution < -0.4 is 5.32 Å². The molecular weight excluding hydrogens is 396 g/mol. The van der Waals surface area contributed by atoms with Gasteiger partial charge >= 0.3 is 0 Å². The molecule has 2 rings (SSSR count). The van der Waals surface area contributed by atoms with Gasteiger partial charge in [0.15, 0.2) is 0 Å². The fourth-order valence-electron chi connectivity index (χ4n) is 2.08. The number of amides is 1. The van der Waals surface area contributed by atoms with Gasteiger partial charge in [-0.15, -0.1) is 0 Å². The minimum absolute atomic E-state index is 0.136. The molecule has 0 aliphatic heterocycles. The summed E-state index contributed by atoms with van der Waals surface area (Å²) in [5, 5.41) is 6.80. The monoisotopic (exact) mass is 414 g/mol. The molecule has 1 aromatic carbocycles. The summed E-state index contributed by atoms with van der Waals surface area (Å²) in [5.74, 6) is 0.132. The van der Waals surface area contributed by atoms with Crippen molar-refractivity contribution in [1.82, 2.24) is 14.1 Å². The molecule has 130 valence electrons. The summed E-state index contributed by atoms with van der Waals surface area (Å²) in [6.45, 7) is 2.40. The number of hydrogen-bond donors (Lipinski definition) is 1. The summed E-state index contributed by atoms with van der Waals surface area (Å²) < 4.78 is 28.4. The van der Waals surface area contributed by atoms with Gasteiger partial charge in [0.2, 0.25) is 15.9 Å². The Balaban J connectivity index is 2.05. The number of likely N-dealkylation sites (N-methyl/N-ethyl adjacent to an activating group) is 1. The quantitative estimate of drug-likeness (QED) is 0.752. The third-order valence-corrected chi connectivity index (χ3v) is 5.65. The van der Waals surface area contributed by atoms with E-state index in [0.717, 1.165) is 15.2 Å². The zero-order valence-corrected chi connectivity index (χ0v) is 15.8. The maximum Gasteiger partial charge on any atom is 0.243 e. The molecule has 0 saturated carbocycles. The van der Waals surface area contributed by atoms with Crippen LogP contribution in [0.15, 0.2) is 45.9 Å². The average Bonchev–Trinajstić information content (AvgIpc) is 2.95. The molecular formula is C15H19BrN4O3S. The van der Waals surface area contributed by atoms with E-state index < -0.39 is 15.9 Å². The van der Waals surface area contributed by atoms with Crippen molar-refractivity contribution >= 4 is 37.7 Å². The number of aryl methyl sites for hydroxylation is 1. The van der Waals surface area contributed by atoms with E-state index in [1.54, 1.807) is 29.1 Å². The third-order valence-electron chi connectivity index (χ3n) is 3.31. The minimum atomic E-state index is -3.72. The van der Waals surface area contributed by atoms with Crippen molar-refractivity contribution in [3.63, 3.8) is 0 Å². The van der Waals surface area contributed by atoms with Gasteiger partial charge in [-0.05, 0) is 30.7 Å². The zero-order chi connectivity index (χ0) is 17.7. The molecule has 0 bridgehead atoms. The Morgan fingerprint density at radius 2 is 1.96 bits per heavy atom. The highest BCUT2D eigenvalue weighted by atomic mass is 79.9. The second-order valence-electron chi connectivity index (χ2n) is 5.20. The lowest BCUT2D eigenvalue weighted by Gasteiger charge is -2.17. The van der Waals surface area contributed by atoms with Gasteiger partial charge in [-0.25, -0.2) is 13.1 Å². The smallest absolute Gasteiger partial charge is 0.243 e. The number of hydrogen-bond acceptors (Lipinski definition) is 4. The van der Waals surface area contributed by atoms with Gasteiger partial charge in [0.25, 0.3) is 0 Å². The number of halogens is 1. The lowest BCUT2D eigenvalue weighted by molar-refractivity contribution is -0.116. The molecule has 2 aromatic rings. The molecule has 0 aliphatic rings. The Labute approximate surface area is 149 Å². The predicted molar refractivity (Wildman–Crippen MR) is 95.1 cm³/mol. The van der Waals surface area contributed by atoms with Gasteiger partial charge in [-0.2, -0.15) is 9.40 Å². The summed E-state index contributed by atoms with van der Waals surface area (Å²) in [6, 6.07) is 7.94. The summed E-state index contributed by atoms with van der Waals surface area (Å²) in [6.07, 6.45) is 2.47. The second-order valence-corrected chi connectivity index (χ2v) is 8.16. The van der Waals surface area contributed by atoms with E-state index in [-0.39, 0.29) is 11.4 Å². The van der Waals surface area contributed by atoms with Crippen LogP contribution in [0.5, 0.6) is 0 Å². The first-order valence-electron chi connectivity index (χ1n) is 7.38. The Morgan fingerprint density at radius 1 is 1.29 bits per heavy atom. The van der Waals surface area contributed by atoms with Crippen molar-refractivity contribution in [3.8, 4) is 0 Å². The van der Waals surface area contributed by atoms with Gasteiger partial charge in [-0.1, -0.05) is 22.9 Å². The lowest BCUT2D eigenvalue weighted by Crippen LogP contribution is -2.35. The molecule has 9 heteroatoms. The summed E-state index contributed by atoms with van der Waals surface area (Å²) in [5.41, 5.74) is 0. The fraction of sp³-hybridized carbons (Fsp3) is 0.333. The Hall–Kier alpha value is -1.71. The van der Waals surface area contributed by atoms with Gasteiger partial charge in [0.05, 0.1) is 17.6 Å². The molecule has 0 fully saturated rings. The van der Waals surface area contributed by atoms with Crippen LogP contribution in [0.25, 0.3) is 0 Å². The topological polar surface area (TPSA) is 84.3 Å². The first-order valence-corrected chi connectivity index (χ1v) is 9.61. The van der Waals surface area contributed by atoms with Gasteiger partial charge in [0.1, 0.15) is 5.82 Å². The number of anilines is 1. The molecule has 1 heterocycles. The molecule has 1 aromatic heterocycles. The molecule has 0 radical (unpaired) electrons. The second kappa shape index (κ2) is 7.91. The first kappa shape index (κ1) is 18.6. The van der Waals surface area contributed by atoms with E-state index in [9.17, 15) is 13.2 Å². The van der Waals surface area contributed by atoms with E-state index in [1.165, 1.54) is 19.2 Å². The van der Waals surface area contributed by atoms with E-state index in [1.807, 2.05) is 6.92 Å². The van der Waals surface area contributed by atoms with Gasteiger partial charge in [-0.3, -0.25) is 4.79 Å². The number of sulfonamides is 1. The van der Waals surface area contributed by atoms with Crippen LogP contribution in [0.2, 0.25) is 0 Å². The van der Waals surface area contributed by atoms with Crippen molar-refractivity contribution in [2.24, 2.45) is 0 Å². The van der Waals surface area contributed by atoms with Crippen LogP contribution in [-0.4, -0.2) is 42.0 Å². The first-order chi connectivity index (χ1) is 11.3. The largest absolute Gasteiger partial charge is 0.310 e. The van der Waals surface area contributed by atoms with Crippen molar-refractivity contribution in [1.29, 1.82) is 0 Å². The van der Waals surface area contributed by atoms with Crippen LogP contribution in [0.4, 0.5) is 5.82 Å². The SMILES string of the molecule is CCCn1nccc1NC(=O)CN(C)S(=O)(=O)c1ccc(Br)cc1. The maximum atomic E-state index is 12.5. The van der Waals surface area contributed by atoms with Gasteiger partial charge < -0.3 is 5.32 Å². The zero-order valence-electron chi connectivity index (χ0n) is 13.4. The highest BCUT2D eigenvalue weighted by Gasteiger charge is 2.23. The van der Waals surface area contributed by atoms with Crippen LogP contribution in [-0.2, 0) is 21.4 Å². The van der Waals surface area contributed by atoms with Crippen LogP contribution >= 0.6 is 15.9 Å². The van der Waals surface area contributed by atoms with Crippen molar-refractivity contribution < 1.29 is 13.2 Å².